The molecule has 2 fully saturated rings. The predicted octanol–water partition coefficient (Wildman–Crippen LogP) is 2.59. The molecule has 1 atom stereocenters. The zero-order valence-corrected chi connectivity index (χ0v) is 14.9. The van der Waals surface area contributed by atoms with Gasteiger partial charge in [0.25, 0.3) is 5.91 Å². The van der Waals surface area contributed by atoms with Crippen LogP contribution < -0.4 is 14.2 Å². The first-order valence-electron chi connectivity index (χ1n) is 8.60. The second-order valence-electron chi connectivity index (χ2n) is 6.86. The average molecular weight is 370 g/mol. The summed E-state index contributed by atoms with van der Waals surface area (Å²) in [5.74, 6) is 3.14. The van der Waals surface area contributed by atoms with Crippen molar-refractivity contribution in [2.75, 3.05) is 25.6 Å². The molecule has 0 radical (unpaired) electrons. The van der Waals surface area contributed by atoms with Crippen molar-refractivity contribution < 1.29 is 19.0 Å². The number of likely N-dealkylation sites (tertiary alicyclic amines) is 1. The quantitative estimate of drug-likeness (QED) is 0.828. The number of thioether (sulfide) groups is 1. The molecule has 2 aromatic rings. The summed E-state index contributed by atoms with van der Waals surface area (Å²) < 4.78 is 16.8. The lowest BCUT2D eigenvalue weighted by Gasteiger charge is -2.47. The van der Waals surface area contributed by atoms with Crippen LogP contribution >= 0.6 is 11.8 Å². The molecular formula is C19H18N2O4S. The van der Waals surface area contributed by atoms with Crippen molar-refractivity contribution >= 4 is 17.7 Å². The number of hydrogen-bond acceptors (Lipinski definition) is 6. The SMILES string of the molecule is O=C(c1ccc2c(c1)OCO2)N1CC2(C[C@H](Oc3cccnc3)CS2)C1. The Labute approximate surface area is 155 Å². The van der Waals surface area contributed by atoms with Gasteiger partial charge in [0.1, 0.15) is 11.9 Å². The summed E-state index contributed by atoms with van der Waals surface area (Å²) in [6.07, 6.45) is 4.61. The second-order valence-corrected chi connectivity index (χ2v) is 8.34. The molecule has 1 aromatic heterocycles. The molecule has 4 heterocycles. The molecule has 0 N–H and O–H groups in total. The van der Waals surface area contributed by atoms with Gasteiger partial charge in [-0.1, -0.05) is 0 Å². The van der Waals surface area contributed by atoms with E-state index in [2.05, 4.69) is 4.98 Å². The van der Waals surface area contributed by atoms with Crippen LogP contribution in [0.25, 0.3) is 0 Å². The fourth-order valence-electron chi connectivity index (χ4n) is 3.71. The fourth-order valence-corrected chi connectivity index (χ4v) is 5.24. The van der Waals surface area contributed by atoms with Crippen LogP contribution in [-0.4, -0.2) is 52.3 Å². The van der Waals surface area contributed by atoms with Crippen molar-refractivity contribution in [2.45, 2.75) is 17.3 Å². The summed E-state index contributed by atoms with van der Waals surface area (Å²) in [4.78, 5) is 18.7. The third-order valence-electron chi connectivity index (χ3n) is 4.98. The number of aromatic nitrogens is 1. The van der Waals surface area contributed by atoms with Crippen molar-refractivity contribution in [1.82, 2.24) is 9.88 Å². The zero-order chi connectivity index (χ0) is 17.6. The summed E-state index contributed by atoms with van der Waals surface area (Å²) in [7, 11) is 0. The maximum Gasteiger partial charge on any atom is 0.254 e. The Kier molecular flexibility index (Phi) is 3.70. The van der Waals surface area contributed by atoms with Crippen LogP contribution in [0.4, 0.5) is 0 Å². The summed E-state index contributed by atoms with van der Waals surface area (Å²) in [5.41, 5.74) is 0.648. The molecule has 26 heavy (non-hydrogen) atoms. The molecule has 0 aliphatic carbocycles. The number of ether oxygens (including phenoxy) is 3. The van der Waals surface area contributed by atoms with E-state index in [1.54, 1.807) is 30.6 Å². The molecule has 134 valence electrons. The molecule has 1 amide bonds. The molecule has 1 aromatic carbocycles. The number of fused-ring (bicyclic) bond motifs is 1. The average Bonchev–Trinajstić information content (AvgIpc) is 3.27. The van der Waals surface area contributed by atoms with Crippen LogP contribution in [0.2, 0.25) is 0 Å². The van der Waals surface area contributed by atoms with E-state index in [1.165, 1.54) is 0 Å². The van der Waals surface area contributed by atoms with Crippen LogP contribution in [0.3, 0.4) is 0 Å². The van der Waals surface area contributed by atoms with E-state index in [0.717, 1.165) is 31.0 Å². The second kappa shape index (κ2) is 6.09. The highest BCUT2D eigenvalue weighted by Crippen LogP contribution is 2.46. The van der Waals surface area contributed by atoms with Gasteiger partial charge < -0.3 is 19.1 Å². The van der Waals surface area contributed by atoms with Gasteiger partial charge >= 0.3 is 0 Å². The zero-order valence-electron chi connectivity index (χ0n) is 14.1. The van der Waals surface area contributed by atoms with Gasteiger partial charge in [0.05, 0.1) is 10.9 Å². The highest BCUT2D eigenvalue weighted by molar-refractivity contribution is 8.01. The lowest BCUT2D eigenvalue weighted by atomic mass is 9.92. The Morgan fingerprint density at radius 3 is 3.00 bits per heavy atom. The minimum absolute atomic E-state index is 0.0474. The molecule has 7 heteroatoms. The first-order chi connectivity index (χ1) is 12.7. The third-order valence-corrected chi connectivity index (χ3v) is 6.55. The van der Waals surface area contributed by atoms with Gasteiger partial charge in [0.15, 0.2) is 11.5 Å². The van der Waals surface area contributed by atoms with Crippen LogP contribution in [0, 0.1) is 0 Å². The monoisotopic (exact) mass is 370 g/mol. The van der Waals surface area contributed by atoms with E-state index in [-0.39, 0.29) is 23.6 Å². The summed E-state index contributed by atoms with van der Waals surface area (Å²) in [6.45, 7) is 1.74. The van der Waals surface area contributed by atoms with Gasteiger partial charge in [0, 0.05) is 37.0 Å². The molecule has 3 aliphatic rings. The van der Waals surface area contributed by atoms with E-state index < -0.39 is 0 Å². The van der Waals surface area contributed by atoms with Gasteiger partial charge in [0.2, 0.25) is 6.79 Å². The minimum atomic E-state index is 0.0474. The van der Waals surface area contributed by atoms with Gasteiger partial charge in [-0.15, -0.1) is 11.8 Å². The smallest absolute Gasteiger partial charge is 0.254 e. The number of benzene rings is 1. The number of hydrogen-bond donors (Lipinski definition) is 0. The number of nitrogens with zero attached hydrogens (tertiary/aromatic N) is 2. The number of amides is 1. The lowest BCUT2D eigenvalue weighted by Crippen LogP contribution is -2.60. The summed E-state index contributed by atoms with van der Waals surface area (Å²) in [6, 6.07) is 9.18. The topological polar surface area (TPSA) is 60.9 Å². The normalized spacial score (nSPS) is 22.3. The van der Waals surface area contributed by atoms with E-state index in [0.29, 0.717) is 17.1 Å². The Morgan fingerprint density at radius 2 is 2.15 bits per heavy atom. The Balaban J connectivity index is 1.20. The molecule has 5 rings (SSSR count). The highest BCUT2D eigenvalue weighted by Gasteiger charge is 2.51. The standard InChI is InChI=1S/C19H18N2O4S/c22-18(13-3-4-16-17(6-13)24-12-23-16)21-10-19(11-21)7-15(9-26-19)25-14-2-1-5-20-8-14/h1-6,8,15H,7,9-12H2/t15-/m0/s1. The number of carbonyl (C=O) groups is 1. The first kappa shape index (κ1) is 15.8. The van der Waals surface area contributed by atoms with E-state index in [9.17, 15) is 4.79 Å². The van der Waals surface area contributed by atoms with E-state index in [4.69, 9.17) is 14.2 Å². The third kappa shape index (κ3) is 2.76. The lowest BCUT2D eigenvalue weighted by molar-refractivity contribution is 0.0517. The van der Waals surface area contributed by atoms with Crippen LogP contribution in [0.15, 0.2) is 42.7 Å². The van der Waals surface area contributed by atoms with Crippen LogP contribution in [0.5, 0.6) is 17.2 Å². The van der Waals surface area contributed by atoms with Crippen molar-refractivity contribution in [3.8, 4) is 17.2 Å². The number of carbonyl (C=O) groups excluding carboxylic acids is 1. The Morgan fingerprint density at radius 1 is 1.27 bits per heavy atom. The van der Waals surface area contributed by atoms with Crippen LogP contribution in [0.1, 0.15) is 16.8 Å². The molecule has 0 saturated carbocycles. The molecular weight excluding hydrogens is 352 g/mol. The molecule has 6 nitrogen and oxygen atoms in total. The maximum atomic E-state index is 12.7. The van der Waals surface area contributed by atoms with Crippen molar-refractivity contribution in [3.63, 3.8) is 0 Å². The molecule has 0 bridgehead atoms. The largest absolute Gasteiger partial charge is 0.488 e. The summed E-state index contributed by atoms with van der Waals surface area (Å²) in [5, 5.41) is 0. The maximum absolute atomic E-state index is 12.7. The molecule has 2 saturated heterocycles. The Hall–Kier alpha value is -2.41. The molecule has 3 aliphatic heterocycles. The Bertz CT molecular complexity index is 839. The van der Waals surface area contributed by atoms with Crippen molar-refractivity contribution in [3.05, 3.63) is 48.3 Å². The number of pyridine rings is 1. The predicted molar refractivity (Wildman–Crippen MR) is 96.9 cm³/mol. The van der Waals surface area contributed by atoms with Crippen LogP contribution in [-0.2, 0) is 0 Å². The highest BCUT2D eigenvalue weighted by atomic mass is 32.2. The molecule has 0 unspecified atom stereocenters. The van der Waals surface area contributed by atoms with Gasteiger partial charge in [-0.25, -0.2) is 0 Å². The minimum Gasteiger partial charge on any atom is -0.488 e. The van der Waals surface area contributed by atoms with E-state index in [1.807, 2.05) is 28.8 Å². The fraction of sp³-hybridized carbons (Fsp3) is 0.368. The van der Waals surface area contributed by atoms with Crippen molar-refractivity contribution in [1.29, 1.82) is 0 Å². The van der Waals surface area contributed by atoms with Gasteiger partial charge in [-0.05, 0) is 30.3 Å². The van der Waals surface area contributed by atoms with Gasteiger partial charge in [-0.3, -0.25) is 9.78 Å². The molecule has 1 spiro atoms. The first-order valence-corrected chi connectivity index (χ1v) is 9.59. The number of rotatable bonds is 3. The van der Waals surface area contributed by atoms with Crippen molar-refractivity contribution in [2.24, 2.45) is 0 Å². The van der Waals surface area contributed by atoms with E-state index >= 15 is 0 Å². The van der Waals surface area contributed by atoms with Gasteiger partial charge in [-0.2, -0.15) is 0 Å². The summed E-state index contributed by atoms with van der Waals surface area (Å²) >= 11 is 1.91.